The Balaban J connectivity index is 1.42. The SMILES string of the molecule is COCCCOc1cc(C(=O)N(C[C@@H]2CNCC2OCc2cccc3c2OCCO3)C(C)C)ccc1OC. The quantitative estimate of drug-likeness (QED) is 0.395. The van der Waals surface area contributed by atoms with Crippen LogP contribution in [0.4, 0.5) is 0 Å². The number of carbonyl (C=O) groups is 1. The minimum atomic E-state index is -0.0438. The molecular formula is C29H40N2O7. The van der Waals surface area contributed by atoms with Crippen LogP contribution in [0.3, 0.4) is 0 Å². The van der Waals surface area contributed by atoms with Crippen molar-refractivity contribution in [3.05, 3.63) is 47.5 Å². The summed E-state index contributed by atoms with van der Waals surface area (Å²) >= 11 is 0. The maximum absolute atomic E-state index is 13.7. The zero-order valence-corrected chi connectivity index (χ0v) is 22.9. The third-order valence-corrected chi connectivity index (χ3v) is 6.85. The number of benzene rings is 2. The topological polar surface area (TPSA) is 87.7 Å². The van der Waals surface area contributed by atoms with Crippen LogP contribution in [-0.2, 0) is 16.1 Å². The average molecular weight is 529 g/mol. The van der Waals surface area contributed by atoms with Gasteiger partial charge in [0.2, 0.25) is 0 Å². The normalized spacial score (nSPS) is 18.4. The molecule has 0 aromatic heterocycles. The summed E-state index contributed by atoms with van der Waals surface area (Å²) < 4.78 is 34.3. The van der Waals surface area contributed by atoms with Crippen molar-refractivity contribution in [2.75, 3.05) is 60.3 Å². The van der Waals surface area contributed by atoms with Crippen LogP contribution in [0.15, 0.2) is 36.4 Å². The minimum Gasteiger partial charge on any atom is -0.493 e. The fourth-order valence-electron chi connectivity index (χ4n) is 4.79. The fourth-order valence-corrected chi connectivity index (χ4v) is 4.79. The van der Waals surface area contributed by atoms with Crippen LogP contribution < -0.4 is 24.3 Å². The van der Waals surface area contributed by atoms with Crippen molar-refractivity contribution in [3.63, 3.8) is 0 Å². The number of nitrogens with zero attached hydrogens (tertiary/aromatic N) is 1. The highest BCUT2D eigenvalue weighted by molar-refractivity contribution is 5.95. The summed E-state index contributed by atoms with van der Waals surface area (Å²) in [5, 5.41) is 3.44. The molecule has 2 atom stereocenters. The first kappa shape index (κ1) is 28.0. The van der Waals surface area contributed by atoms with Crippen molar-refractivity contribution in [3.8, 4) is 23.0 Å². The predicted molar refractivity (Wildman–Crippen MR) is 144 cm³/mol. The van der Waals surface area contributed by atoms with Gasteiger partial charge in [-0.05, 0) is 38.1 Å². The Labute approximate surface area is 225 Å². The molecule has 2 aromatic rings. The number of nitrogens with one attached hydrogen (secondary N) is 1. The van der Waals surface area contributed by atoms with Gasteiger partial charge in [-0.1, -0.05) is 12.1 Å². The molecule has 1 saturated heterocycles. The molecule has 1 unspecified atom stereocenters. The van der Waals surface area contributed by atoms with Crippen LogP contribution in [0.25, 0.3) is 0 Å². The number of amides is 1. The summed E-state index contributed by atoms with van der Waals surface area (Å²) in [4.78, 5) is 15.6. The second-order valence-corrected chi connectivity index (χ2v) is 9.82. The van der Waals surface area contributed by atoms with Gasteiger partial charge in [0, 0.05) is 62.9 Å². The molecule has 9 heteroatoms. The largest absolute Gasteiger partial charge is 0.493 e. The summed E-state index contributed by atoms with van der Waals surface area (Å²) in [5.41, 5.74) is 1.54. The molecule has 4 rings (SSSR count). The van der Waals surface area contributed by atoms with E-state index in [1.165, 1.54) is 0 Å². The van der Waals surface area contributed by atoms with E-state index in [1.54, 1.807) is 32.4 Å². The van der Waals surface area contributed by atoms with E-state index in [2.05, 4.69) is 5.32 Å². The summed E-state index contributed by atoms with van der Waals surface area (Å²) in [6.07, 6.45) is 0.719. The van der Waals surface area contributed by atoms with Crippen molar-refractivity contribution in [1.82, 2.24) is 10.2 Å². The Bertz CT molecular complexity index is 1060. The smallest absolute Gasteiger partial charge is 0.254 e. The van der Waals surface area contributed by atoms with E-state index in [0.29, 0.717) is 56.6 Å². The molecule has 1 N–H and O–H groups in total. The Kier molecular flexibility index (Phi) is 10.1. The lowest BCUT2D eigenvalue weighted by Gasteiger charge is -2.32. The van der Waals surface area contributed by atoms with Gasteiger partial charge >= 0.3 is 0 Å². The van der Waals surface area contributed by atoms with Gasteiger partial charge in [-0.3, -0.25) is 4.79 Å². The first-order valence-electron chi connectivity index (χ1n) is 13.3. The van der Waals surface area contributed by atoms with E-state index in [1.807, 2.05) is 36.9 Å². The first-order valence-corrected chi connectivity index (χ1v) is 13.3. The number of hydrogen-bond acceptors (Lipinski definition) is 8. The zero-order chi connectivity index (χ0) is 26.9. The van der Waals surface area contributed by atoms with E-state index in [0.717, 1.165) is 36.6 Å². The third kappa shape index (κ3) is 6.89. The first-order chi connectivity index (χ1) is 18.5. The summed E-state index contributed by atoms with van der Waals surface area (Å²) in [6, 6.07) is 11.2. The predicted octanol–water partition coefficient (Wildman–Crippen LogP) is 3.54. The van der Waals surface area contributed by atoms with E-state index < -0.39 is 0 Å². The summed E-state index contributed by atoms with van der Waals surface area (Å²) in [6.45, 7) is 8.77. The van der Waals surface area contributed by atoms with Crippen molar-refractivity contribution in [2.45, 2.75) is 39.0 Å². The lowest BCUT2D eigenvalue weighted by molar-refractivity contribution is 0.0114. The number of hydrogen-bond donors (Lipinski definition) is 1. The Hall–Kier alpha value is -3.01. The third-order valence-electron chi connectivity index (χ3n) is 6.85. The minimum absolute atomic E-state index is 0.0172. The molecule has 0 saturated carbocycles. The van der Waals surface area contributed by atoms with Gasteiger partial charge in [-0.15, -0.1) is 0 Å². The van der Waals surface area contributed by atoms with Gasteiger partial charge in [0.15, 0.2) is 23.0 Å². The monoisotopic (exact) mass is 528 g/mol. The van der Waals surface area contributed by atoms with E-state index in [4.69, 9.17) is 28.4 Å². The number of rotatable bonds is 13. The molecule has 0 radical (unpaired) electrons. The van der Waals surface area contributed by atoms with Crippen LogP contribution in [0, 0.1) is 5.92 Å². The number of carbonyl (C=O) groups excluding carboxylic acids is 1. The molecule has 0 spiro atoms. The number of methoxy groups -OCH3 is 2. The maximum atomic E-state index is 13.7. The second-order valence-electron chi connectivity index (χ2n) is 9.82. The van der Waals surface area contributed by atoms with Gasteiger partial charge in [0.05, 0.1) is 26.4 Å². The van der Waals surface area contributed by atoms with Crippen molar-refractivity contribution in [1.29, 1.82) is 0 Å². The molecule has 2 aromatic carbocycles. The summed E-state index contributed by atoms with van der Waals surface area (Å²) in [7, 11) is 3.25. The van der Waals surface area contributed by atoms with E-state index >= 15 is 0 Å². The standard InChI is InChI=1S/C29H40N2O7/c1-20(2)31(29(32)21-9-10-24(34-4)26(15-21)35-12-6-11-33-3)18-23-16-30-17-27(23)38-19-22-7-5-8-25-28(22)37-14-13-36-25/h5,7-10,15,20,23,27,30H,6,11-14,16-19H2,1-4H3/t23-,27?/m0/s1. The molecule has 2 heterocycles. The van der Waals surface area contributed by atoms with Crippen LogP contribution in [0.2, 0.25) is 0 Å². The number of para-hydroxylation sites is 1. The van der Waals surface area contributed by atoms with Gasteiger partial charge in [-0.2, -0.15) is 0 Å². The molecule has 208 valence electrons. The molecular weight excluding hydrogens is 488 g/mol. The van der Waals surface area contributed by atoms with Crippen LogP contribution >= 0.6 is 0 Å². The molecule has 0 aliphatic carbocycles. The molecule has 9 nitrogen and oxygen atoms in total. The van der Waals surface area contributed by atoms with Gasteiger partial charge in [0.1, 0.15) is 13.2 Å². The molecule has 2 aliphatic heterocycles. The second kappa shape index (κ2) is 13.7. The lowest BCUT2D eigenvalue weighted by atomic mass is 10.0. The van der Waals surface area contributed by atoms with Crippen LogP contribution in [-0.4, -0.2) is 83.2 Å². The fraction of sp³-hybridized carbons (Fsp3) is 0.552. The highest BCUT2D eigenvalue weighted by atomic mass is 16.6. The van der Waals surface area contributed by atoms with Crippen molar-refractivity contribution in [2.24, 2.45) is 5.92 Å². The van der Waals surface area contributed by atoms with Gasteiger partial charge in [0.25, 0.3) is 5.91 Å². The van der Waals surface area contributed by atoms with Crippen molar-refractivity contribution >= 4 is 5.91 Å². The average Bonchev–Trinajstić information content (AvgIpc) is 3.39. The molecule has 1 fully saturated rings. The van der Waals surface area contributed by atoms with E-state index in [9.17, 15) is 4.79 Å². The molecule has 38 heavy (non-hydrogen) atoms. The van der Waals surface area contributed by atoms with Crippen molar-refractivity contribution < 1.29 is 33.2 Å². The lowest BCUT2D eigenvalue weighted by Crippen LogP contribution is -2.43. The number of ether oxygens (including phenoxy) is 6. The highest BCUT2D eigenvalue weighted by Gasteiger charge is 2.33. The Morgan fingerprint density at radius 3 is 2.71 bits per heavy atom. The maximum Gasteiger partial charge on any atom is 0.254 e. The number of fused-ring (bicyclic) bond motifs is 1. The van der Waals surface area contributed by atoms with Gasteiger partial charge in [-0.25, -0.2) is 0 Å². The molecule has 1 amide bonds. The van der Waals surface area contributed by atoms with E-state index in [-0.39, 0.29) is 24.0 Å². The Morgan fingerprint density at radius 2 is 1.92 bits per heavy atom. The molecule has 2 aliphatic rings. The molecule has 0 bridgehead atoms. The summed E-state index contributed by atoms with van der Waals surface area (Å²) in [5.74, 6) is 2.79. The Morgan fingerprint density at radius 1 is 1.08 bits per heavy atom. The van der Waals surface area contributed by atoms with Gasteiger partial charge < -0.3 is 38.6 Å². The van der Waals surface area contributed by atoms with Crippen LogP contribution in [0.1, 0.15) is 36.2 Å². The van der Waals surface area contributed by atoms with Crippen LogP contribution in [0.5, 0.6) is 23.0 Å². The zero-order valence-electron chi connectivity index (χ0n) is 22.9. The highest BCUT2D eigenvalue weighted by Crippen LogP contribution is 2.34.